The van der Waals surface area contributed by atoms with Crippen molar-refractivity contribution >= 4 is 36.0 Å². The summed E-state index contributed by atoms with van der Waals surface area (Å²) < 4.78 is 20.3. The largest absolute Gasteiger partial charge is 0.452 e. The smallest absolute Gasteiger partial charge is 0.394 e. The molecule has 0 amide bonds. The molecule has 7 nitrogen and oxygen atoms in total. The minimum Gasteiger partial charge on any atom is -0.452 e. The summed E-state index contributed by atoms with van der Waals surface area (Å²) >= 11 is 6.29. The first kappa shape index (κ1) is 23.8. The molecule has 9 heteroatoms. The first-order chi connectivity index (χ1) is 16.7. The summed E-state index contributed by atoms with van der Waals surface area (Å²) in [7, 11) is 0. The van der Waals surface area contributed by atoms with Crippen molar-refractivity contribution < 1.29 is 18.4 Å². The highest BCUT2D eigenvalue weighted by Gasteiger charge is 2.55. The SMILES string of the molecule is CC(C)(C)OC(=O)C1=C2CC=C(Cl)C=C2N=CC2=NN=C[N+]21C1CCC(c2cccnc2F)CC1. The Morgan fingerprint density at radius 2 is 2.00 bits per heavy atom. The van der Waals surface area contributed by atoms with Gasteiger partial charge >= 0.3 is 5.97 Å². The van der Waals surface area contributed by atoms with Crippen LogP contribution < -0.4 is 0 Å². The molecule has 0 spiro atoms. The lowest BCUT2D eigenvalue weighted by molar-refractivity contribution is -0.723. The lowest BCUT2D eigenvalue weighted by Gasteiger charge is -2.41. The Morgan fingerprint density at radius 3 is 2.71 bits per heavy atom. The Balaban J connectivity index is 1.57. The van der Waals surface area contributed by atoms with Crippen LogP contribution in [-0.4, -0.2) is 45.5 Å². The number of aliphatic imine (C=N–C) groups is 1. The topological polar surface area (TPSA) is 76.3 Å². The Morgan fingerprint density at radius 1 is 1.23 bits per heavy atom. The van der Waals surface area contributed by atoms with Crippen molar-refractivity contribution in [2.75, 3.05) is 0 Å². The van der Waals surface area contributed by atoms with Crippen LogP contribution in [0.2, 0.25) is 0 Å². The highest BCUT2D eigenvalue weighted by Crippen LogP contribution is 2.44. The number of hydrogen-bond acceptors (Lipinski definition) is 6. The molecule has 1 aromatic heterocycles. The summed E-state index contributed by atoms with van der Waals surface area (Å²) in [6.45, 7) is 5.55. The number of nitrogens with zero attached hydrogens (tertiary/aromatic N) is 5. The molecule has 0 N–H and O–H groups in total. The monoisotopic (exact) mass is 496 g/mol. The third kappa shape index (κ3) is 4.29. The molecule has 4 aliphatic rings. The number of rotatable bonds is 3. The molecule has 5 rings (SSSR count). The minimum atomic E-state index is -0.683. The lowest BCUT2D eigenvalue weighted by atomic mass is 9.80. The van der Waals surface area contributed by atoms with E-state index in [2.05, 4.69) is 20.2 Å². The number of ether oxygens (including phenoxy) is 1. The van der Waals surface area contributed by atoms with E-state index in [4.69, 9.17) is 16.3 Å². The highest BCUT2D eigenvalue weighted by molar-refractivity contribution is 6.32. The minimum absolute atomic E-state index is 0.0295. The molecule has 1 aromatic rings. The van der Waals surface area contributed by atoms with Gasteiger partial charge in [-0.15, -0.1) is 0 Å². The maximum atomic E-state index is 14.4. The molecule has 0 saturated heterocycles. The van der Waals surface area contributed by atoms with Gasteiger partial charge in [-0.1, -0.05) is 33.9 Å². The Hall–Kier alpha value is -2.97. The zero-order chi connectivity index (χ0) is 24.8. The average molecular weight is 497 g/mol. The number of hydrogen-bond donors (Lipinski definition) is 0. The molecule has 0 aromatic carbocycles. The molecule has 182 valence electrons. The summed E-state index contributed by atoms with van der Waals surface area (Å²) in [4.78, 5) is 22.3. The van der Waals surface area contributed by atoms with E-state index in [0.717, 1.165) is 31.3 Å². The normalized spacial score (nSPS) is 28.0. The van der Waals surface area contributed by atoms with Gasteiger partial charge in [-0.25, -0.2) is 14.8 Å². The van der Waals surface area contributed by atoms with Crippen LogP contribution in [0.3, 0.4) is 0 Å². The molecule has 2 aliphatic heterocycles. The van der Waals surface area contributed by atoms with Crippen LogP contribution >= 0.6 is 11.6 Å². The number of quaternary nitrogens is 1. The molecule has 1 atom stereocenters. The van der Waals surface area contributed by atoms with Gasteiger partial charge in [-0.3, -0.25) is 0 Å². The fourth-order valence-electron chi connectivity index (χ4n) is 5.42. The molecule has 35 heavy (non-hydrogen) atoms. The second kappa shape index (κ2) is 8.91. The highest BCUT2D eigenvalue weighted by atomic mass is 35.5. The summed E-state index contributed by atoms with van der Waals surface area (Å²) in [6.07, 6.45) is 12.0. The van der Waals surface area contributed by atoms with E-state index in [1.807, 2.05) is 32.9 Å². The van der Waals surface area contributed by atoms with Gasteiger partial charge in [0.1, 0.15) is 17.9 Å². The van der Waals surface area contributed by atoms with Crippen LogP contribution in [0.25, 0.3) is 0 Å². The van der Waals surface area contributed by atoms with Gasteiger partial charge in [0.25, 0.3) is 5.84 Å². The zero-order valence-electron chi connectivity index (χ0n) is 20.0. The first-order valence-electron chi connectivity index (χ1n) is 11.9. The van der Waals surface area contributed by atoms with Gasteiger partial charge in [0.05, 0.1) is 11.3 Å². The van der Waals surface area contributed by atoms with Crippen LogP contribution in [0, 0.1) is 5.95 Å². The van der Waals surface area contributed by atoms with Crippen molar-refractivity contribution in [3.05, 3.63) is 64.0 Å². The van der Waals surface area contributed by atoms with Crippen molar-refractivity contribution in [1.82, 2.24) is 4.98 Å². The van der Waals surface area contributed by atoms with E-state index in [9.17, 15) is 9.18 Å². The number of halogens is 2. The summed E-state index contributed by atoms with van der Waals surface area (Å²) in [6, 6.07) is 3.56. The Kier molecular flexibility index (Phi) is 6.05. The summed E-state index contributed by atoms with van der Waals surface area (Å²) in [5.41, 5.74) is 1.83. The van der Waals surface area contributed by atoms with Crippen molar-refractivity contribution in [3.8, 4) is 0 Å². The van der Waals surface area contributed by atoms with Gasteiger partial charge in [0, 0.05) is 36.1 Å². The second-order valence-electron chi connectivity index (χ2n) is 10.3. The van der Waals surface area contributed by atoms with Crippen LogP contribution in [0.15, 0.2) is 67.7 Å². The second-order valence-corrected chi connectivity index (χ2v) is 10.7. The number of carbonyl (C=O) groups is 1. The van der Waals surface area contributed by atoms with E-state index in [1.54, 1.807) is 24.7 Å². The molecular weight excluding hydrogens is 469 g/mol. The van der Waals surface area contributed by atoms with Crippen LogP contribution in [0.4, 0.5) is 4.39 Å². The lowest BCUT2D eigenvalue weighted by Crippen LogP contribution is -2.59. The van der Waals surface area contributed by atoms with E-state index in [0.29, 0.717) is 34.2 Å². The van der Waals surface area contributed by atoms with E-state index < -0.39 is 17.5 Å². The molecule has 0 bridgehead atoms. The number of carbonyl (C=O) groups excluding carboxylic acids is 1. The number of esters is 1. The molecular formula is C26H28ClFN5O2+. The third-order valence-corrected chi connectivity index (χ3v) is 7.19. The third-order valence-electron chi connectivity index (χ3n) is 6.93. The van der Waals surface area contributed by atoms with Crippen molar-refractivity contribution in [2.24, 2.45) is 15.2 Å². The molecule has 1 saturated carbocycles. The van der Waals surface area contributed by atoms with Crippen LogP contribution in [0.5, 0.6) is 0 Å². The Bertz CT molecular complexity index is 1250. The van der Waals surface area contributed by atoms with Crippen LogP contribution in [0.1, 0.15) is 64.4 Å². The van der Waals surface area contributed by atoms with Gasteiger partial charge < -0.3 is 4.74 Å². The number of allylic oxidation sites excluding steroid dienone is 4. The molecule has 3 heterocycles. The number of aromatic nitrogens is 1. The molecule has 1 unspecified atom stereocenters. The summed E-state index contributed by atoms with van der Waals surface area (Å²) in [5, 5.41) is 9.22. The number of fused-ring (bicyclic) bond motifs is 2. The Labute approximate surface area is 209 Å². The van der Waals surface area contributed by atoms with Gasteiger partial charge in [0.2, 0.25) is 18.0 Å². The predicted octanol–water partition coefficient (Wildman–Crippen LogP) is 5.51. The van der Waals surface area contributed by atoms with Gasteiger partial charge in [0.15, 0.2) is 0 Å². The van der Waals surface area contributed by atoms with Gasteiger partial charge in [-0.05, 0) is 51.7 Å². The molecule has 0 radical (unpaired) electrons. The van der Waals surface area contributed by atoms with Crippen molar-refractivity contribution in [2.45, 2.75) is 70.4 Å². The fraction of sp³-hybridized carbons (Fsp3) is 0.423. The van der Waals surface area contributed by atoms with Crippen molar-refractivity contribution in [1.29, 1.82) is 0 Å². The quantitative estimate of drug-likeness (QED) is 0.314. The van der Waals surface area contributed by atoms with Crippen molar-refractivity contribution in [3.63, 3.8) is 0 Å². The number of amidine groups is 1. The standard InChI is InChI=1S/C26H28ClFN5O2/c1-26(2,3)35-25(34)23-20-11-8-17(27)13-21(20)30-14-22-32-31-15-33(22,23)18-9-6-16(7-10-18)19-5-4-12-29-24(19)28/h4-5,8,12-16,18H,6-7,9-11H2,1-3H3/q+1. The zero-order valence-corrected chi connectivity index (χ0v) is 20.8. The number of pyridine rings is 1. The van der Waals surface area contributed by atoms with E-state index in [1.165, 1.54) is 6.20 Å². The summed E-state index contributed by atoms with van der Waals surface area (Å²) in [5.74, 6) is -0.187. The maximum Gasteiger partial charge on any atom is 0.394 e. The molecule has 1 fully saturated rings. The fourth-order valence-corrected chi connectivity index (χ4v) is 5.60. The maximum absolute atomic E-state index is 14.4. The van der Waals surface area contributed by atoms with Crippen LogP contribution in [-0.2, 0) is 9.53 Å². The average Bonchev–Trinajstić information content (AvgIpc) is 3.17. The van der Waals surface area contributed by atoms with E-state index >= 15 is 0 Å². The predicted molar refractivity (Wildman–Crippen MR) is 133 cm³/mol. The van der Waals surface area contributed by atoms with Gasteiger partial charge in [-0.2, -0.15) is 8.87 Å². The van der Waals surface area contributed by atoms with E-state index in [-0.39, 0.29) is 16.4 Å². The molecule has 2 aliphatic carbocycles. The first-order valence-corrected chi connectivity index (χ1v) is 12.3.